The fourth-order valence-corrected chi connectivity index (χ4v) is 3.13. The van der Waals surface area contributed by atoms with Gasteiger partial charge in [-0.1, -0.05) is 83.5 Å². The summed E-state index contributed by atoms with van der Waals surface area (Å²) in [6.07, 6.45) is 0. The Hall–Kier alpha value is -3.73. The Morgan fingerprint density at radius 2 is 1.50 bits per heavy atom. The predicted molar refractivity (Wildman–Crippen MR) is 108 cm³/mol. The molecule has 0 spiro atoms. The topological polar surface area (TPSA) is 68.0 Å². The fourth-order valence-electron chi connectivity index (χ4n) is 3.13. The van der Waals surface area contributed by atoms with E-state index in [0.29, 0.717) is 5.89 Å². The first-order valence-electron chi connectivity index (χ1n) is 9.02. The van der Waals surface area contributed by atoms with Gasteiger partial charge in [0, 0.05) is 5.56 Å². The summed E-state index contributed by atoms with van der Waals surface area (Å²) in [6, 6.07) is 27.1. The van der Waals surface area contributed by atoms with E-state index in [1.807, 2.05) is 91.9 Å². The van der Waals surface area contributed by atoms with E-state index < -0.39 is 5.92 Å². The van der Waals surface area contributed by atoms with Crippen molar-refractivity contribution in [1.29, 1.82) is 0 Å². The van der Waals surface area contributed by atoms with Gasteiger partial charge in [0.05, 0.1) is 5.92 Å². The molecule has 5 nitrogen and oxygen atoms in total. The molecule has 1 heterocycles. The number of hydrogen-bond donors (Lipinski definition) is 1. The molecule has 3 aromatic carbocycles. The molecule has 0 saturated carbocycles. The van der Waals surface area contributed by atoms with Crippen LogP contribution in [0.25, 0.3) is 11.5 Å². The van der Waals surface area contributed by atoms with Gasteiger partial charge in [0.2, 0.25) is 11.8 Å². The van der Waals surface area contributed by atoms with Gasteiger partial charge in [-0.15, -0.1) is 5.10 Å². The van der Waals surface area contributed by atoms with Gasteiger partial charge in [0.1, 0.15) is 0 Å². The van der Waals surface area contributed by atoms with Gasteiger partial charge in [-0.3, -0.25) is 10.1 Å². The number of anilines is 1. The van der Waals surface area contributed by atoms with E-state index in [-0.39, 0.29) is 11.9 Å². The molecule has 0 unspecified atom stereocenters. The number of nitrogens with zero attached hydrogens (tertiary/aromatic N) is 2. The zero-order chi connectivity index (χ0) is 19.3. The van der Waals surface area contributed by atoms with Crippen molar-refractivity contribution in [3.63, 3.8) is 0 Å². The molecule has 0 radical (unpaired) electrons. The van der Waals surface area contributed by atoms with E-state index in [1.54, 1.807) is 0 Å². The van der Waals surface area contributed by atoms with Crippen LogP contribution >= 0.6 is 0 Å². The molecule has 0 aliphatic carbocycles. The number of amides is 1. The van der Waals surface area contributed by atoms with Crippen molar-refractivity contribution in [2.24, 2.45) is 0 Å². The summed E-state index contributed by atoms with van der Waals surface area (Å²) >= 11 is 0. The van der Waals surface area contributed by atoms with E-state index in [9.17, 15) is 4.79 Å². The summed E-state index contributed by atoms with van der Waals surface area (Å²) in [5, 5.41) is 10.8. The molecule has 138 valence electrons. The van der Waals surface area contributed by atoms with Crippen LogP contribution in [0.1, 0.15) is 22.6 Å². The van der Waals surface area contributed by atoms with Crippen molar-refractivity contribution >= 4 is 11.9 Å². The lowest BCUT2D eigenvalue weighted by molar-refractivity contribution is -0.116. The number of rotatable bonds is 5. The predicted octanol–water partition coefficient (Wildman–Crippen LogP) is 4.82. The molecule has 4 rings (SSSR count). The van der Waals surface area contributed by atoms with Crippen LogP contribution in [0.15, 0.2) is 89.3 Å². The number of carbonyl (C=O) groups excluding carboxylic acids is 1. The molecule has 0 bridgehead atoms. The quantitative estimate of drug-likeness (QED) is 0.548. The maximum absolute atomic E-state index is 13.1. The Labute approximate surface area is 163 Å². The molecular formula is C23H19N3O2. The minimum absolute atomic E-state index is 0.0818. The highest BCUT2D eigenvalue weighted by molar-refractivity contribution is 5.96. The van der Waals surface area contributed by atoms with E-state index in [1.165, 1.54) is 0 Å². The van der Waals surface area contributed by atoms with Gasteiger partial charge in [-0.05, 0) is 30.2 Å². The average Bonchev–Trinajstić information content (AvgIpc) is 3.18. The van der Waals surface area contributed by atoms with Crippen LogP contribution in [0.3, 0.4) is 0 Å². The number of aryl methyl sites for hydroxylation is 1. The van der Waals surface area contributed by atoms with Gasteiger partial charge in [-0.25, -0.2) is 0 Å². The summed E-state index contributed by atoms with van der Waals surface area (Å²) in [7, 11) is 0. The van der Waals surface area contributed by atoms with E-state index in [0.717, 1.165) is 22.3 Å². The lowest BCUT2D eigenvalue weighted by Gasteiger charge is -2.16. The minimum Gasteiger partial charge on any atom is -0.403 e. The first-order valence-corrected chi connectivity index (χ1v) is 9.02. The van der Waals surface area contributed by atoms with Crippen LogP contribution in [-0.2, 0) is 4.79 Å². The van der Waals surface area contributed by atoms with Crippen LogP contribution in [0.2, 0.25) is 0 Å². The lowest BCUT2D eigenvalue weighted by atomic mass is 9.90. The third kappa shape index (κ3) is 3.83. The molecule has 4 aromatic rings. The van der Waals surface area contributed by atoms with E-state index >= 15 is 0 Å². The van der Waals surface area contributed by atoms with E-state index in [4.69, 9.17) is 4.42 Å². The largest absolute Gasteiger partial charge is 0.403 e. The maximum atomic E-state index is 13.1. The number of nitrogens with one attached hydrogen (secondary N) is 1. The molecular weight excluding hydrogens is 350 g/mol. The molecule has 0 aliphatic heterocycles. The van der Waals surface area contributed by atoms with Crippen molar-refractivity contribution < 1.29 is 9.21 Å². The molecule has 1 aromatic heterocycles. The fraction of sp³-hybridized carbons (Fsp3) is 0.0870. The van der Waals surface area contributed by atoms with Crippen molar-refractivity contribution in [2.75, 3.05) is 5.32 Å². The number of hydrogen-bond acceptors (Lipinski definition) is 4. The first kappa shape index (κ1) is 17.7. The zero-order valence-electron chi connectivity index (χ0n) is 15.4. The van der Waals surface area contributed by atoms with Crippen LogP contribution in [0.5, 0.6) is 0 Å². The SMILES string of the molecule is Cc1cccc(-c2nnc(NC(=O)C(c3ccccc3)c3ccccc3)o2)c1. The van der Waals surface area contributed by atoms with Crippen LogP contribution in [0.4, 0.5) is 6.01 Å². The number of carbonyl (C=O) groups is 1. The van der Waals surface area contributed by atoms with Gasteiger partial charge in [0.15, 0.2) is 0 Å². The molecule has 28 heavy (non-hydrogen) atoms. The highest BCUT2D eigenvalue weighted by Crippen LogP contribution is 2.27. The normalized spacial score (nSPS) is 10.8. The summed E-state index contributed by atoms with van der Waals surface area (Å²) < 4.78 is 5.66. The standard InChI is InChI=1S/C23H19N3O2/c1-16-9-8-14-19(15-16)22-25-26-23(28-22)24-21(27)20(17-10-4-2-5-11-17)18-12-6-3-7-13-18/h2-15,20H,1H3,(H,24,26,27). The Balaban J connectivity index is 1.60. The third-order valence-electron chi connectivity index (χ3n) is 4.45. The highest BCUT2D eigenvalue weighted by Gasteiger charge is 2.24. The number of benzene rings is 3. The van der Waals surface area contributed by atoms with Crippen molar-refractivity contribution in [3.05, 3.63) is 102 Å². The van der Waals surface area contributed by atoms with Crippen molar-refractivity contribution in [3.8, 4) is 11.5 Å². The minimum atomic E-state index is -0.475. The van der Waals surface area contributed by atoms with Crippen molar-refractivity contribution in [1.82, 2.24) is 10.2 Å². The molecule has 0 atom stereocenters. The Morgan fingerprint density at radius 3 is 2.11 bits per heavy atom. The zero-order valence-corrected chi connectivity index (χ0v) is 15.4. The van der Waals surface area contributed by atoms with Crippen LogP contribution in [-0.4, -0.2) is 16.1 Å². The van der Waals surface area contributed by atoms with E-state index in [2.05, 4.69) is 15.5 Å². The Kier molecular flexibility index (Phi) is 4.97. The molecule has 5 heteroatoms. The molecule has 1 amide bonds. The number of aromatic nitrogens is 2. The van der Waals surface area contributed by atoms with Gasteiger partial charge in [-0.2, -0.15) is 0 Å². The molecule has 1 N–H and O–H groups in total. The van der Waals surface area contributed by atoms with Gasteiger partial charge >= 0.3 is 6.01 Å². The smallest absolute Gasteiger partial charge is 0.322 e. The third-order valence-corrected chi connectivity index (χ3v) is 4.45. The summed E-state index contributed by atoms with van der Waals surface area (Å²) in [4.78, 5) is 13.1. The second-order valence-corrected chi connectivity index (χ2v) is 6.53. The second kappa shape index (κ2) is 7.88. The van der Waals surface area contributed by atoms with Crippen molar-refractivity contribution in [2.45, 2.75) is 12.8 Å². The Bertz CT molecular complexity index is 1040. The van der Waals surface area contributed by atoms with Crippen LogP contribution < -0.4 is 5.32 Å². The summed E-state index contributed by atoms with van der Waals surface area (Å²) in [6.45, 7) is 1.99. The second-order valence-electron chi connectivity index (χ2n) is 6.53. The lowest BCUT2D eigenvalue weighted by Crippen LogP contribution is -2.22. The monoisotopic (exact) mass is 369 g/mol. The Morgan fingerprint density at radius 1 is 0.857 bits per heavy atom. The maximum Gasteiger partial charge on any atom is 0.322 e. The summed E-state index contributed by atoms with van der Waals surface area (Å²) in [5.74, 6) is -0.330. The average molecular weight is 369 g/mol. The van der Waals surface area contributed by atoms with Gasteiger partial charge < -0.3 is 4.42 Å². The summed E-state index contributed by atoms with van der Waals surface area (Å²) in [5.41, 5.74) is 3.69. The molecule has 0 fully saturated rings. The molecule has 0 saturated heterocycles. The first-order chi connectivity index (χ1) is 13.7. The van der Waals surface area contributed by atoms with Gasteiger partial charge in [0.25, 0.3) is 0 Å². The highest BCUT2D eigenvalue weighted by atomic mass is 16.4. The van der Waals surface area contributed by atoms with Crippen LogP contribution in [0, 0.1) is 6.92 Å². The molecule has 0 aliphatic rings.